The fourth-order valence-electron chi connectivity index (χ4n) is 3.89. The average molecular weight is 906 g/mol. The standard InChI is InChI=1S/C24H27F21O10S/c1-56(47,48)55-9-8-51-5-4-49-2-3-50-6-7-52-11-15(10-14(46)16(25,26)27,12-53-17(19(28,29)30,20(31,32)33)21(34,35)36)13-54-18(22(37,38)39,23(40,41)42)24(43,44)45/h2-13H2,1H3. The number of alkyl halides is 21. The Labute approximate surface area is 299 Å². The van der Waals surface area contributed by atoms with Crippen molar-refractivity contribution in [2.45, 2.75) is 60.9 Å². The molecule has 0 aliphatic rings. The van der Waals surface area contributed by atoms with Gasteiger partial charge in [-0.25, -0.2) is 0 Å². The van der Waals surface area contributed by atoms with Gasteiger partial charge in [-0.15, -0.1) is 0 Å². The highest BCUT2D eigenvalue weighted by molar-refractivity contribution is 7.85. The Bertz CT molecular complexity index is 1190. The molecule has 0 aromatic carbocycles. The molecule has 0 N–H and O–H groups in total. The maximum absolute atomic E-state index is 13.5. The topological polar surface area (TPSA) is 116 Å². The van der Waals surface area contributed by atoms with Gasteiger partial charge in [0.1, 0.15) is 0 Å². The van der Waals surface area contributed by atoms with E-state index >= 15 is 0 Å². The van der Waals surface area contributed by atoms with Crippen molar-refractivity contribution in [1.29, 1.82) is 0 Å². The fourth-order valence-corrected chi connectivity index (χ4v) is 4.26. The van der Waals surface area contributed by atoms with Gasteiger partial charge >= 0.3 is 54.4 Å². The number of hydrogen-bond donors (Lipinski definition) is 0. The Morgan fingerprint density at radius 2 is 0.696 bits per heavy atom. The van der Waals surface area contributed by atoms with Gasteiger partial charge in [0.15, 0.2) is 0 Å². The molecule has 0 radical (unpaired) electrons. The first-order valence-electron chi connectivity index (χ1n) is 14.2. The summed E-state index contributed by atoms with van der Waals surface area (Å²) in [5.74, 6) is -3.55. The largest absolute Gasteiger partial charge is 0.449 e. The first-order chi connectivity index (χ1) is 24.7. The molecule has 56 heavy (non-hydrogen) atoms. The Balaban J connectivity index is 6.62. The maximum Gasteiger partial charge on any atom is 0.449 e. The van der Waals surface area contributed by atoms with Crippen LogP contribution in [0, 0.1) is 5.41 Å². The molecule has 0 heterocycles. The molecule has 0 aromatic rings. The van der Waals surface area contributed by atoms with E-state index in [0.717, 1.165) is 6.26 Å². The van der Waals surface area contributed by atoms with Crippen LogP contribution in [0.15, 0.2) is 0 Å². The average Bonchev–Trinajstić information content (AvgIpc) is 2.92. The maximum atomic E-state index is 13.5. The predicted octanol–water partition coefficient (Wildman–Crippen LogP) is 6.42. The molecular formula is C24H27F21O10S. The van der Waals surface area contributed by atoms with Gasteiger partial charge in [-0.3, -0.25) is 8.98 Å². The number of carbonyl (C=O) groups is 1. The molecule has 0 atom stereocenters. The second-order valence-electron chi connectivity index (χ2n) is 10.9. The fraction of sp³-hybridized carbons (Fsp3) is 0.958. The molecule has 0 aliphatic carbocycles. The van der Waals surface area contributed by atoms with Gasteiger partial charge in [-0.1, -0.05) is 0 Å². The lowest BCUT2D eigenvalue weighted by Gasteiger charge is -2.43. The zero-order valence-corrected chi connectivity index (χ0v) is 28.2. The van der Waals surface area contributed by atoms with Gasteiger partial charge in [0.05, 0.1) is 78.9 Å². The summed E-state index contributed by atoms with van der Waals surface area (Å²) in [6, 6.07) is 0. The predicted molar refractivity (Wildman–Crippen MR) is 136 cm³/mol. The van der Waals surface area contributed by atoms with E-state index in [0.29, 0.717) is 0 Å². The lowest BCUT2D eigenvalue weighted by atomic mass is 9.83. The molecule has 0 rings (SSSR count). The van der Waals surface area contributed by atoms with E-state index in [9.17, 15) is 105 Å². The molecule has 0 fully saturated rings. The first kappa shape index (κ1) is 53.9. The van der Waals surface area contributed by atoms with Crippen molar-refractivity contribution in [3.05, 3.63) is 0 Å². The van der Waals surface area contributed by atoms with Gasteiger partial charge in [-0.2, -0.15) is 101 Å². The van der Waals surface area contributed by atoms with Crippen LogP contribution in [0.2, 0.25) is 0 Å². The van der Waals surface area contributed by atoms with Crippen molar-refractivity contribution in [3.63, 3.8) is 0 Å². The second-order valence-corrected chi connectivity index (χ2v) is 12.6. The summed E-state index contributed by atoms with van der Waals surface area (Å²) in [6.07, 6.45) is -55.4. The summed E-state index contributed by atoms with van der Waals surface area (Å²) in [5.41, 5.74) is -19.6. The molecule has 0 aromatic heterocycles. The van der Waals surface area contributed by atoms with Crippen LogP contribution in [-0.4, -0.2) is 148 Å². The number of hydrogen-bond acceptors (Lipinski definition) is 10. The first-order valence-corrected chi connectivity index (χ1v) is 16.0. The van der Waals surface area contributed by atoms with Crippen LogP contribution in [-0.2, 0) is 47.5 Å². The van der Waals surface area contributed by atoms with Crippen molar-refractivity contribution < 1.29 is 138 Å². The van der Waals surface area contributed by atoms with Crippen LogP contribution >= 0.6 is 0 Å². The number of rotatable bonds is 23. The molecule has 0 amide bonds. The van der Waals surface area contributed by atoms with Crippen molar-refractivity contribution in [3.8, 4) is 0 Å². The number of ether oxygens (including phenoxy) is 6. The highest BCUT2D eigenvalue weighted by atomic mass is 32.2. The molecule has 10 nitrogen and oxygen atoms in total. The van der Waals surface area contributed by atoms with E-state index in [-0.39, 0.29) is 26.4 Å². The number of halogens is 21. The van der Waals surface area contributed by atoms with Gasteiger partial charge in [0.25, 0.3) is 10.1 Å². The quantitative estimate of drug-likeness (QED) is 0.0647. The van der Waals surface area contributed by atoms with Crippen LogP contribution < -0.4 is 0 Å². The van der Waals surface area contributed by atoms with Crippen LogP contribution in [0.3, 0.4) is 0 Å². The van der Waals surface area contributed by atoms with Crippen LogP contribution in [0.25, 0.3) is 0 Å². The Morgan fingerprint density at radius 3 is 0.946 bits per heavy atom. The van der Waals surface area contributed by atoms with Crippen molar-refractivity contribution in [2.75, 3.05) is 78.9 Å². The third-order valence-corrected chi connectivity index (χ3v) is 7.08. The Hall–Kier alpha value is -2.13. The minimum Gasteiger partial charge on any atom is -0.378 e. The van der Waals surface area contributed by atoms with E-state index in [1.54, 1.807) is 0 Å². The summed E-state index contributed by atoms with van der Waals surface area (Å²) in [7, 11) is -3.76. The molecule has 0 saturated carbocycles. The summed E-state index contributed by atoms with van der Waals surface area (Å²) in [5, 5.41) is 0. The zero-order chi connectivity index (χ0) is 44.5. The molecule has 32 heteroatoms. The monoisotopic (exact) mass is 906 g/mol. The van der Waals surface area contributed by atoms with Gasteiger partial charge in [0, 0.05) is 11.8 Å². The van der Waals surface area contributed by atoms with Crippen LogP contribution in [0.1, 0.15) is 6.42 Å². The minimum absolute atomic E-state index is 0.185. The number of Topliss-reactive ketones (excluding diaryl/α,β-unsaturated/α-hetero) is 1. The van der Waals surface area contributed by atoms with E-state index in [1.807, 2.05) is 0 Å². The normalized spacial score (nSPS) is 15.1. The Kier molecular flexibility index (Phi) is 18.6. The van der Waals surface area contributed by atoms with E-state index in [2.05, 4.69) is 18.4 Å². The highest BCUT2D eigenvalue weighted by Gasteiger charge is 2.87. The summed E-state index contributed by atoms with van der Waals surface area (Å²) in [4.78, 5) is 11.8. The smallest absolute Gasteiger partial charge is 0.378 e. The van der Waals surface area contributed by atoms with E-state index in [1.165, 1.54) is 0 Å². The van der Waals surface area contributed by atoms with E-state index < -0.39 is 128 Å². The Morgan fingerprint density at radius 1 is 0.429 bits per heavy atom. The van der Waals surface area contributed by atoms with Crippen molar-refractivity contribution in [2.24, 2.45) is 5.41 Å². The van der Waals surface area contributed by atoms with Gasteiger partial charge in [-0.05, 0) is 0 Å². The lowest BCUT2D eigenvalue weighted by molar-refractivity contribution is -0.467. The van der Waals surface area contributed by atoms with Crippen LogP contribution in [0.5, 0.6) is 0 Å². The molecule has 0 aliphatic heterocycles. The number of ketones is 1. The van der Waals surface area contributed by atoms with Gasteiger partial charge < -0.3 is 28.4 Å². The zero-order valence-electron chi connectivity index (χ0n) is 27.4. The van der Waals surface area contributed by atoms with Gasteiger partial charge in [0.2, 0.25) is 5.78 Å². The van der Waals surface area contributed by atoms with Crippen LogP contribution in [0.4, 0.5) is 92.2 Å². The molecule has 0 bridgehead atoms. The molecule has 0 spiro atoms. The number of carbonyl (C=O) groups excluding carboxylic acids is 1. The lowest BCUT2D eigenvalue weighted by Crippen LogP contribution is -2.69. The molecule has 0 unspecified atom stereocenters. The summed E-state index contributed by atoms with van der Waals surface area (Å²) >= 11 is 0. The third-order valence-electron chi connectivity index (χ3n) is 6.49. The highest BCUT2D eigenvalue weighted by Crippen LogP contribution is 2.57. The van der Waals surface area contributed by atoms with E-state index in [4.69, 9.17) is 14.2 Å². The molecule has 336 valence electrons. The minimum atomic E-state index is -7.77. The van der Waals surface area contributed by atoms with Crippen molar-refractivity contribution in [1.82, 2.24) is 0 Å². The third kappa shape index (κ3) is 14.6. The molecular weight excluding hydrogens is 879 g/mol. The van der Waals surface area contributed by atoms with Crippen molar-refractivity contribution >= 4 is 15.9 Å². The molecule has 0 saturated heterocycles. The summed E-state index contributed by atoms with van der Waals surface area (Å²) in [6.45, 7) is -13.6. The SMILES string of the molecule is CS(=O)(=O)OCCOCCOCCOCCOCC(COC(C(F)(F)F)(C(F)(F)F)C(F)(F)F)(COC(C(F)(F)F)(C(F)(F)F)C(F)(F)F)CC(=O)C(F)(F)F. The summed E-state index contributed by atoms with van der Waals surface area (Å²) < 4.78 is 333. The second kappa shape index (κ2) is 19.3.